The third-order valence-electron chi connectivity index (χ3n) is 5.40. The highest BCUT2D eigenvalue weighted by Crippen LogP contribution is 2.52. The van der Waals surface area contributed by atoms with E-state index in [4.69, 9.17) is 0 Å². The first-order valence-corrected chi connectivity index (χ1v) is 8.87. The van der Waals surface area contributed by atoms with Crippen LogP contribution >= 0.6 is 22.6 Å². The van der Waals surface area contributed by atoms with E-state index in [1.165, 1.54) is 6.07 Å². The summed E-state index contributed by atoms with van der Waals surface area (Å²) in [5.41, 5.74) is -1.41. The summed E-state index contributed by atoms with van der Waals surface area (Å²) >= 11 is 1.88. The number of carbonyl (C=O) groups excluding carboxylic acids is 1. The lowest BCUT2D eigenvalue weighted by Crippen LogP contribution is -2.56. The predicted molar refractivity (Wildman–Crippen MR) is 90.1 cm³/mol. The highest BCUT2D eigenvalue weighted by molar-refractivity contribution is 14.1. The van der Waals surface area contributed by atoms with Gasteiger partial charge < -0.3 is 5.32 Å². The molecule has 128 valence electrons. The zero-order chi connectivity index (χ0) is 17.6. The molecule has 3 saturated carbocycles. The van der Waals surface area contributed by atoms with Gasteiger partial charge in [0.2, 0.25) is 0 Å². The number of halogens is 4. The van der Waals surface area contributed by atoms with Crippen molar-refractivity contribution in [3.63, 3.8) is 0 Å². The standard InChI is InChI=1S/C17H16F3IN2O/c18-17(19,20)11-1-2-13(21)12(9-11)14(24)23-16-6-3-15(10-22,4-7-16)5-8-16/h1-2,9H,3-8H2,(H,23,24). The molecule has 4 rings (SSSR count). The number of hydrogen-bond donors (Lipinski definition) is 1. The van der Waals surface area contributed by atoms with Crippen LogP contribution in [0.2, 0.25) is 0 Å². The number of carbonyl (C=O) groups is 1. The number of benzene rings is 1. The minimum absolute atomic E-state index is 0.0579. The van der Waals surface area contributed by atoms with Crippen LogP contribution in [0.25, 0.3) is 0 Å². The molecule has 0 heterocycles. The van der Waals surface area contributed by atoms with Crippen molar-refractivity contribution in [1.29, 1.82) is 5.26 Å². The van der Waals surface area contributed by atoms with Gasteiger partial charge in [-0.1, -0.05) is 0 Å². The number of nitriles is 1. The Bertz CT molecular complexity index is 699. The predicted octanol–water partition coefficient (Wildman–Crippen LogP) is 4.66. The molecule has 0 aliphatic heterocycles. The van der Waals surface area contributed by atoms with Crippen LogP contribution in [0.1, 0.15) is 54.4 Å². The van der Waals surface area contributed by atoms with E-state index >= 15 is 0 Å². The molecule has 0 atom stereocenters. The number of hydrogen-bond acceptors (Lipinski definition) is 2. The molecule has 3 nitrogen and oxygen atoms in total. The van der Waals surface area contributed by atoms with Crippen molar-refractivity contribution in [2.45, 2.75) is 50.2 Å². The summed E-state index contributed by atoms with van der Waals surface area (Å²) in [6.07, 6.45) is -0.123. The first-order valence-electron chi connectivity index (χ1n) is 7.79. The number of nitrogens with zero attached hydrogens (tertiary/aromatic N) is 1. The van der Waals surface area contributed by atoms with Gasteiger partial charge in [-0.2, -0.15) is 18.4 Å². The Morgan fingerprint density at radius 1 is 1.17 bits per heavy atom. The van der Waals surface area contributed by atoms with Crippen LogP contribution in [0.15, 0.2) is 18.2 Å². The second-order valence-corrected chi connectivity index (χ2v) is 7.98. The van der Waals surface area contributed by atoms with Crippen molar-refractivity contribution in [3.05, 3.63) is 32.9 Å². The van der Waals surface area contributed by atoms with Gasteiger partial charge in [0, 0.05) is 9.11 Å². The molecule has 0 unspecified atom stereocenters. The molecule has 24 heavy (non-hydrogen) atoms. The van der Waals surface area contributed by atoms with Crippen LogP contribution in [0.4, 0.5) is 13.2 Å². The maximum Gasteiger partial charge on any atom is 0.416 e. The molecule has 0 radical (unpaired) electrons. The van der Waals surface area contributed by atoms with Crippen LogP contribution in [-0.2, 0) is 6.18 Å². The smallest absolute Gasteiger partial charge is 0.347 e. The third-order valence-corrected chi connectivity index (χ3v) is 6.34. The molecule has 3 aliphatic carbocycles. The van der Waals surface area contributed by atoms with Gasteiger partial charge >= 0.3 is 6.18 Å². The largest absolute Gasteiger partial charge is 0.416 e. The Morgan fingerprint density at radius 3 is 2.25 bits per heavy atom. The van der Waals surface area contributed by atoms with Gasteiger partial charge in [-0.25, -0.2) is 0 Å². The summed E-state index contributed by atoms with van der Waals surface area (Å²) in [5, 5.41) is 12.3. The average Bonchev–Trinajstić information content (AvgIpc) is 2.55. The second kappa shape index (κ2) is 5.90. The van der Waals surface area contributed by atoms with Crippen molar-refractivity contribution < 1.29 is 18.0 Å². The van der Waals surface area contributed by atoms with Crippen molar-refractivity contribution in [2.75, 3.05) is 0 Å². The van der Waals surface area contributed by atoms with E-state index in [0.29, 0.717) is 22.8 Å². The van der Waals surface area contributed by atoms with Gasteiger partial charge in [0.25, 0.3) is 5.91 Å². The van der Waals surface area contributed by atoms with E-state index in [1.54, 1.807) is 0 Å². The van der Waals surface area contributed by atoms with Crippen LogP contribution in [0.3, 0.4) is 0 Å². The zero-order valence-corrected chi connectivity index (χ0v) is 15.0. The number of nitrogens with one attached hydrogen (secondary N) is 1. The molecule has 1 amide bonds. The van der Waals surface area contributed by atoms with E-state index in [-0.39, 0.29) is 16.5 Å². The Kier molecular flexibility index (Phi) is 4.31. The number of rotatable bonds is 2. The summed E-state index contributed by atoms with van der Waals surface area (Å²) in [7, 11) is 0. The van der Waals surface area contributed by atoms with Crippen LogP contribution in [0, 0.1) is 20.3 Å². The maximum absolute atomic E-state index is 12.9. The fourth-order valence-corrected chi connectivity index (χ4v) is 4.31. The molecule has 7 heteroatoms. The molecular weight excluding hydrogens is 432 g/mol. The van der Waals surface area contributed by atoms with Gasteiger partial charge in [-0.15, -0.1) is 0 Å². The van der Waals surface area contributed by atoms with Crippen molar-refractivity contribution in [2.24, 2.45) is 5.41 Å². The van der Waals surface area contributed by atoms with Crippen LogP contribution < -0.4 is 5.32 Å². The summed E-state index contributed by atoms with van der Waals surface area (Å²) in [5.74, 6) is -0.461. The first kappa shape index (κ1) is 17.5. The lowest BCUT2D eigenvalue weighted by molar-refractivity contribution is -0.137. The highest BCUT2D eigenvalue weighted by Gasteiger charge is 2.49. The Morgan fingerprint density at radius 2 is 1.75 bits per heavy atom. The minimum Gasteiger partial charge on any atom is -0.347 e. The normalized spacial score (nSPS) is 29.1. The molecule has 1 N–H and O–H groups in total. The molecule has 0 saturated heterocycles. The SMILES string of the molecule is N#CC12CCC(NC(=O)c3cc(C(F)(F)F)ccc3I)(CC1)CC2. The second-order valence-electron chi connectivity index (χ2n) is 6.82. The summed E-state index contributed by atoms with van der Waals surface area (Å²) in [6.45, 7) is 0. The van der Waals surface area contributed by atoms with Gasteiger partial charge in [0.1, 0.15) is 0 Å². The molecular formula is C17H16F3IN2O. The Balaban J connectivity index is 1.80. The molecule has 2 bridgehead atoms. The summed E-state index contributed by atoms with van der Waals surface area (Å²) in [4.78, 5) is 12.6. The van der Waals surface area contributed by atoms with Crippen molar-refractivity contribution in [3.8, 4) is 6.07 Å². The molecule has 0 spiro atoms. The summed E-state index contributed by atoms with van der Waals surface area (Å²) < 4.78 is 39.2. The Hall–Kier alpha value is -1.30. The monoisotopic (exact) mass is 448 g/mol. The van der Waals surface area contributed by atoms with Gasteiger partial charge in [0.05, 0.1) is 22.6 Å². The Labute approximate surface area is 151 Å². The minimum atomic E-state index is -4.47. The first-order chi connectivity index (χ1) is 11.2. The molecule has 0 aromatic heterocycles. The average molecular weight is 448 g/mol. The van der Waals surface area contributed by atoms with Crippen LogP contribution in [-0.4, -0.2) is 11.4 Å². The van der Waals surface area contributed by atoms with E-state index in [1.807, 2.05) is 22.6 Å². The van der Waals surface area contributed by atoms with Gasteiger partial charge in [-0.05, 0) is 79.3 Å². The lowest BCUT2D eigenvalue weighted by atomic mass is 9.58. The topological polar surface area (TPSA) is 52.9 Å². The van der Waals surface area contributed by atoms with E-state index in [9.17, 15) is 23.2 Å². The van der Waals surface area contributed by atoms with Crippen molar-refractivity contribution in [1.82, 2.24) is 5.32 Å². The van der Waals surface area contributed by atoms with Crippen molar-refractivity contribution >= 4 is 28.5 Å². The fraction of sp³-hybridized carbons (Fsp3) is 0.529. The molecule has 1 aromatic carbocycles. The van der Waals surface area contributed by atoms with Gasteiger partial charge in [-0.3, -0.25) is 4.79 Å². The lowest BCUT2D eigenvalue weighted by Gasteiger charge is -2.50. The number of fused-ring (bicyclic) bond motifs is 3. The zero-order valence-electron chi connectivity index (χ0n) is 12.8. The molecule has 3 fully saturated rings. The fourth-order valence-electron chi connectivity index (χ4n) is 3.72. The molecule has 1 aromatic rings. The van der Waals surface area contributed by atoms with E-state index in [2.05, 4.69) is 11.4 Å². The van der Waals surface area contributed by atoms with Crippen LogP contribution in [0.5, 0.6) is 0 Å². The third kappa shape index (κ3) is 3.13. The van der Waals surface area contributed by atoms with E-state index < -0.39 is 17.6 Å². The highest BCUT2D eigenvalue weighted by atomic mass is 127. The molecule has 3 aliphatic rings. The maximum atomic E-state index is 12.9. The quantitative estimate of drug-likeness (QED) is 0.670. The van der Waals surface area contributed by atoms with Gasteiger partial charge in [0.15, 0.2) is 0 Å². The van der Waals surface area contributed by atoms with E-state index in [0.717, 1.165) is 31.4 Å². The summed E-state index contributed by atoms with van der Waals surface area (Å²) in [6, 6.07) is 5.62. The number of amides is 1. The number of alkyl halides is 3.